The van der Waals surface area contributed by atoms with Crippen LogP contribution < -0.4 is 0 Å². The summed E-state index contributed by atoms with van der Waals surface area (Å²) >= 11 is 1.60. The van der Waals surface area contributed by atoms with Gasteiger partial charge in [0.1, 0.15) is 10.7 Å². The molecule has 0 saturated heterocycles. The van der Waals surface area contributed by atoms with Gasteiger partial charge in [-0.25, -0.2) is 9.50 Å². The summed E-state index contributed by atoms with van der Waals surface area (Å²) in [5.74, 6) is 0. The third kappa shape index (κ3) is 1.12. The van der Waals surface area contributed by atoms with E-state index in [0.717, 1.165) is 16.2 Å². The molecule has 0 N–H and O–H groups in total. The average Bonchev–Trinajstić information content (AvgIpc) is 2.86. The minimum atomic E-state index is 0.936. The number of fused-ring (bicyclic) bond motifs is 1. The smallest absolute Gasteiger partial charge is 0.143 e. The predicted octanol–water partition coefficient (Wildman–Crippen LogP) is 2.46. The van der Waals surface area contributed by atoms with Crippen molar-refractivity contribution in [2.45, 2.75) is 0 Å². The maximum atomic E-state index is 4.42. The van der Waals surface area contributed by atoms with Gasteiger partial charge in [-0.05, 0) is 18.2 Å². The topological polar surface area (TPSA) is 30.2 Å². The number of nitrogens with zero attached hydrogens (tertiary/aromatic N) is 3. The lowest BCUT2D eigenvalue weighted by Gasteiger charge is -1.87. The van der Waals surface area contributed by atoms with Crippen molar-refractivity contribution in [1.82, 2.24) is 14.6 Å². The van der Waals surface area contributed by atoms with Crippen LogP contribution in [0.1, 0.15) is 0 Å². The van der Waals surface area contributed by atoms with Crippen LogP contribution in [-0.4, -0.2) is 14.6 Å². The van der Waals surface area contributed by atoms with Gasteiger partial charge < -0.3 is 0 Å². The zero-order valence-electron chi connectivity index (χ0n) is 7.29. The molecule has 3 nitrogen and oxygen atoms in total. The molecular formula is C10H7N3S. The van der Waals surface area contributed by atoms with Crippen molar-refractivity contribution in [1.29, 1.82) is 0 Å². The van der Waals surface area contributed by atoms with Crippen molar-refractivity contribution >= 4 is 16.9 Å². The van der Waals surface area contributed by atoms with Gasteiger partial charge in [0, 0.05) is 17.8 Å². The van der Waals surface area contributed by atoms with Gasteiger partial charge in [-0.15, -0.1) is 11.3 Å². The highest BCUT2D eigenvalue weighted by Crippen LogP contribution is 2.21. The van der Waals surface area contributed by atoms with Crippen molar-refractivity contribution < 1.29 is 0 Å². The Morgan fingerprint density at radius 2 is 2.29 bits per heavy atom. The standard InChI is InChI=1S/C10H7N3S/c1-2-5-13-8(3-1)7-9(12-13)10-11-4-6-14-10/h1-7H. The second-order valence-corrected chi connectivity index (χ2v) is 3.83. The van der Waals surface area contributed by atoms with Gasteiger partial charge in [-0.2, -0.15) is 5.10 Å². The minimum Gasteiger partial charge on any atom is -0.243 e. The van der Waals surface area contributed by atoms with E-state index in [9.17, 15) is 0 Å². The number of rotatable bonds is 1. The van der Waals surface area contributed by atoms with Gasteiger partial charge in [0.15, 0.2) is 0 Å². The summed E-state index contributed by atoms with van der Waals surface area (Å²) in [4.78, 5) is 4.22. The molecule has 0 bridgehead atoms. The second kappa shape index (κ2) is 2.92. The summed E-state index contributed by atoms with van der Waals surface area (Å²) in [5.41, 5.74) is 2.03. The maximum absolute atomic E-state index is 4.42. The van der Waals surface area contributed by atoms with E-state index >= 15 is 0 Å². The Bertz CT molecular complexity index is 521. The zero-order chi connectivity index (χ0) is 9.38. The summed E-state index contributed by atoms with van der Waals surface area (Å²) in [6, 6.07) is 8.04. The Morgan fingerprint density at radius 3 is 3.07 bits per heavy atom. The third-order valence-electron chi connectivity index (χ3n) is 2.02. The highest BCUT2D eigenvalue weighted by molar-refractivity contribution is 7.13. The molecule has 3 aromatic heterocycles. The number of thiazole rings is 1. The van der Waals surface area contributed by atoms with E-state index in [1.54, 1.807) is 17.5 Å². The lowest BCUT2D eigenvalue weighted by molar-refractivity contribution is 0.964. The molecule has 0 radical (unpaired) electrons. The molecule has 0 saturated carbocycles. The highest BCUT2D eigenvalue weighted by atomic mass is 32.1. The van der Waals surface area contributed by atoms with E-state index in [-0.39, 0.29) is 0 Å². The molecule has 3 aromatic rings. The molecule has 68 valence electrons. The third-order valence-corrected chi connectivity index (χ3v) is 2.82. The fourth-order valence-corrected chi connectivity index (χ4v) is 1.99. The summed E-state index contributed by atoms with van der Waals surface area (Å²) in [6.07, 6.45) is 3.73. The molecule has 0 amide bonds. The fourth-order valence-electron chi connectivity index (χ4n) is 1.39. The van der Waals surface area contributed by atoms with Crippen molar-refractivity contribution in [3.63, 3.8) is 0 Å². The van der Waals surface area contributed by atoms with Crippen LogP contribution in [0.25, 0.3) is 16.2 Å². The molecular weight excluding hydrogens is 194 g/mol. The normalized spacial score (nSPS) is 10.9. The van der Waals surface area contributed by atoms with Crippen molar-refractivity contribution in [3.05, 3.63) is 42.0 Å². The monoisotopic (exact) mass is 201 g/mol. The SMILES string of the molecule is c1ccn2nc(-c3nccs3)cc2c1. The van der Waals surface area contributed by atoms with Gasteiger partial charge >= 0.3 is 0 Å². The first-order chi connectivity index (χ1) is 6.93. The molecule has 3 heterocycles. The minimum absolute atomic E-state index is 0.936. The zero-order valence-corrected chi connectivity index (χ0v) is 8.11. The van der Waals surface area contributed by atoms with Crippen LogP contribution in [0.5, 0.6) is 0 Å². The lowest BCUT2D eigenvalue weighted by Crippen LogP contribution is -1.84. The van der Waals surface area contributed by atoms with E-state index in [0.29, 0.717) is 0 Å². The van der Waals surface area contributed by atoms with E-state index in [4.69, 9.17) is 0 Å². The number of aromatic nitrogens is 3. The molecule has 3 rings (SSSR count). The van der Waals surface area contributed by atoms with Crippen LogP contribution in [0.2, 0.25) is 0 Å². The quantitative estimate of drug-likeness (QED) is 0.605. The molecule has 0 atom stereocenters. The summed E-state index contributed by atoms with van der Waals surface area (Å²) in [5, 5.41) is 7.34. The Balaban J connectivity index is 2.24. The molecule has 0 unspecified atom stereocenters. The first-order valence-electron chi connectivity index (χ1n) is 4.28. The van der Waals surface area contributed by atoms with Gasteiger partial charge in [0.25, 0.3) is 0 Å². The van der Waals surface area contributed by atoms with E-state index < -0.39 is 0 Å². The van der Waals surface area contributed by atoms with Crippen LogP contribution in [0.3, 0.4) is 0 Å². The van der Waals surface area contributed by atoms with Crippen LogP contribution in [0.4, 0.5) is 0 Å². The first kappa shape index (κ1) is 7.70. The molecule has 0 aliphatic heterocycles. The molecule has 0 spiro atoms. The summed E-state index contributed by atoms with van der Waals surface area (Å²) in [7, 11) is 0. The predicted molar refractivity (Wildman–Crippen MR) is 56.3 cm³/mol. The van der Waals surface area contributed by atoms with E-state index in [1.807, 2.05) is 40.4 Å². The van der Waals surface area contributed by atoms with Crippen LogP contribution >= 0.6 is 11.3 Å². The first-order valence-corrected chi connectivity index (χ1v) is 5.16. The van der Waals surface area contributed by atoms with Gasteiger partial charge in [0.2, 0.25) is 0 Å². The molecule has 0 fully saturated rings. The summed E-state index contributed by atoms with van der Waals surface area (Å²) in [6.45, 7) is 0. The lowest BCUT2D eigenvalue weighted by atomic mass is 10.4. The van der Waals surface area contributed by atoms with Crippen molar-refractivity contribution in [2.75, 3.05) is 0 Å². The Labute approximate surface area is 84.7 Å². The Kier molecular flexibility index (Phi) is 1.61. The van der Waals surface area contributed by atoms with Gasteiger partial charge in [-0.1, -0.05) is 6.07 Å². The van der Waals surface area contributed by atoms with Gasteiger partial charge in [0.05, 0.1) is 5.52 Å². The Morgan fingerprint density at radius 1 is 1.29 bits per heavy atom. The van der Waals surface area contributed by atoms with Crippen molar-refractivity contribution in [3.8, 4) is 10.7 Å². The number of hydrogen-bond donors (Lipinski definition) is 0. The fraction of sp³-hybridized carbons (Fsp3) is 0. The maximum Gasteiger partial charge on any atom is 0.143 e. The highest BCUT2D eigenvalue weighted by Gasteiger charge is 2.04. The molecule has 0 aliphatic rings. The largest absolute Gasteiger partial charge is 0.243 e. The van der Waals surface area contributed by atoms with Crippen LogP contribution in [-0.2, 0) is 0 Å². The van der Waals surface area contributed by atoms with E-state index in [2.05, 4.69) is 10.1 Å². The second-order valence-electron chi connectivity index (χ2n) is 2.94. The van der Waals surface area contributed by atoms with Crippen molar-refractivity contribution in [2.24, 2.45) is 0 Å². The van der Waals surface area contributed by atoms with Crippen LogP contribution in [0, 0.1) is 0 Å². The molecule has 14 heavy (non-hydrogen) atoms. The number of pyridine rings is 1. The molecule has 4 heteroatoms. The molecule has 0 aliphatic carbocycles. The Hall–Kier alpha value is -1.68. The average molecular weight is 201 g/mol. The van der Waals surface area contributed by atoms with Crippen LogP contribution in [0.15, 0.2) is 42.0 Å². The number of hydrogen-bond acceptors (Lipinski definition) is 3. The van der Waals surface area contributed by atoms with E-state index in [1.165, 1.54) is 0 Å². The molecule has 0 aromatic carbocycles. The van der Waals surface area contributed by atoms with Gasteiger partial charge in [-0.3, -0.25) is 0 Å². The summed E-state index contributed by atoms with van der Waals surface area (Å²) < 4.78 is 1.86.